The van der Waals surface area contributed by atoms with E-state index < -0.39 is 11.7 Å². The third kappa shape index (κ3) is 9.33. The Balaban J connectivity index is 0.941. The number of fused-ring (bicyclic) bond motifs is 6. The fourth-order valence-corrected chi connectivity index (χ4v) is 11.8. The van der Waals surface area contributed by atoms with Gasteiger partial charge in [0.1, 0.15) is 0 Å². The van der Waals surface area contributed by atoms with Crippen molar-refractivity contribution in [1.29, 1.82) is 5.26 Å². The number of rotatable bonds is 10. The van der Waals surface area contributed by atoms with Crippen molar-refractivity contribution in [2.24, 2.45) is 0 Å². The van der Waals surface area contributed by atoms with Crippen LogP contribution in [0.25, 0.3) is 150 Å². The molecule has 11 aromatic carbocycles. The summed E-state index contributed by atoms with van der Waals surface area (Å²) < 4.78 is 47.6. The Hall–Kier alpha value is -12.2. The van der Waals surface area contributed by atoms with E-state index in [0.29, 0.717) is 74.1 Å². The van der Waals surface area contributed by atoms with E-state index in [0.717, 1.165) is 89.1 Å². The van der Waals surface area contributed by atoms with Gasteiger partial charge in [0.05, 0.1) is 46.0 Å². The highest BCUT2D eigenvalue weighted by molar-refractivity contribution is 6.12. The van der Waals surface area contributed by atoms with Crippen molar-refractivity contribution in [3.63, 3.8) is 0 Å². The summed E-state index contributed by atoms with van der Waals surface area (Å²) in [5.41, 5.74) is 10.9. The lowest BCUT2D eigenvalue weighted by Crippen LogP contribution is -2.04. The topological polar surface area (TPSA) is 115 Å². The lowest BCUT2D eigenvalue weighted by Gasteiger charge is -2.20. The van der Waals surface area contributed by atoms with Gasteiger partial charge >= 0.3 is 6.18 Å². The largest absolute Gasteiger partial charge is 0.415 e. The first-order chi connectivity index (χ1) is 43.1. The fourth-order valence-electron chi connectivity index (χ4n) is 11.8. The molecule has 0 N–H and O–H groups in total. The van der Waals surface area contributed by atoms with E-state index in [4.69, 9.17) is 36.5 Å². The summed E-state index contributed by atoms with van der Waals surface area (Å²) in [6, 6.07) is 84.6. The van der Waals surface area contributed by atoms with Crippen LogP contribution in [0, 0.1) is 17.9 Å². The van der Waals surface area contributed by atoms with E-state index in [2.05, 4.69) is 56.4 Å². The van der Waals surface area contributed by atoms with Crippen molar-refractivity contribution in [2.75, 3.05) is 0 Å². The molecule has 0 bridgehead atoms. The first-order valence-electron chi connectivity index (χ1n) is 28.3. The molecule has 15 aromatic rings. The predicted octanol–water partition coefficient (Wildman–Crippen LogP) is 19.0. The Kier molecular flexibility index (Phi) is 12.8. The molecule has 0 fully saturated rings. The van der Waals surface area contributed by atoms with Crippen LogP contribution in [-0.2, 0) is 6.18 Å². The smallest absolute Gasteiger partial charge is 0.309 e. The molecule has 0 aliphatic carbocycles. The number of halogens is 3. The summed E-state index contributed by atoms with van der Waals surface area (Å²) in [5.74, 6) is 3.12. The minimum absolute atomic E-state index is 0.177. The molecule has 0 spiro atoms. The lowest BCUT2D eigenvalue weighted by molar-refractivity contribution is -0.137. The van der Waals surface area contributed by atoms with E-state index in [1.807, 2.05) is 200 Å². The Labute approximate surface area is 501 Å². The van der Waals surface area contributed by atoms with Gasteiger partial charge in [0.2, 0.25) is 0 Å². The first kappa shape index (κ1) is 52.6. The highest BCUT2D eigenvalue weighted by atomic mass is 19.4. The van der Waals surface area contributed by atoms with Crippen LogP contribution in [0.4, 0.5) is 18.9 Å². The highest BCUT2D eigenvalue weighted by Crippen LogP contribution is 2.46. The number of nitriles is 1. The molecule has 15 rings (SSSR count). The molecule has 0 atom stereocenters. The lowest BCUT2D eigenvalue weighted by atomic mass is 9.90. The van der Waals surface area contributed by atoms with Gasteiger partial charge < -0.3 is 9.13 Å². The van der Waals surface area contributed by atoms with Crippen LogP contribution in [0.15, 0.2) is 261 Å². The van der Waals surface area contributed by atoms with Crippen molar-refractivity contribution < 1.29 is 13.2 Å². The van der Waals surface area contributed by atoms with Crippen molar-refractivity contribution in [2.45, 2.75) is 6.18 Å². The van der Waals surface area contributed by atoms with Crippen molar-refractivity contribution in [1.82, 2.24) is 39.0 Å². The predicted molar refractivity (Wildman–Crippen MR) is 341 cm³/mol. The number of hydrogen-bond acceptors (Lipinski definition) is 7. The van der Waals surface area contributed by atoms with Crippen LogP contribution in [0.1, 0.15) is 11.1 Å². The monoisotopic (exact) mass is 1140 g/mol. The number of hydrogen-bond donors (Lipinski definition) is 0. The molecule has 0 saturated heterocycles. The summed E-state index contributed by atoms with van der Waals surface area (Å²) in [6.07, 6.45) is -4.69. The van der Waals surface area contributed by atoms with Gasteiger partial charge in [0, 0.05) is 71.7 Å². The van der Waals surface area contributed by atoms with E-state index in [1.165, 1.54) is 6.07 Å². The molecule has 0 aliphatic heterocycles. The van der Waals surface area contributed by atoms with Gasteiger partial charge in [-0.05, 0) is 102 Å². The zero-order valence-electron chi connectivity index (χ0n) is 46.4. The van der Waals surface area contributed by atoms with Crippen LogP contribution in [0.5, 0.6) is 0 Å². The van der Waals surface area contributed by atoms with Crippen molar-refractivity contribution in [3.05, 3.63) is 283 Å². The number of alkyl halides is 3. The Morgan fingerprint density at radius 1 is 0.352 bits per heavy atom. The molecule has 13 heteroatoms. The summed E-state index contributed by atoms with van der Waals surface area (Å²) in [6.45, 7) is 8.31. The average Bonchev–Trinajstić information content (AvgIpc) is 1.63. The number of para-hydroxylation sites is 2. The van der Waals surface area contributed by atoms with E-state index >= 15 is 0 Å². The molecule has 4 heterocycles. The molecular weight excluding hydrogens is 1100 g/mol. The second-order valence-electron chi connectivity index (χ2n) is 21.2. The third-order valence-electron chi connectivity index (χ3n) is 15.9. The third-order valence-corrected chi connectivity index (χ3v) is 15.9. The molecule has 0 unspecified atom stereocenters. The second kappa shape index (κ2) is 21.5. The quantitative estimate of drug-likeness (QED) is 0.125. The number of benzene rings is 11. The summed E-state index contributed by atoms with van der Waals surface area (Å²) in [4.78, 5) is 33.8. The minimum atomic E-state index is -4.69. The van der Waals surface area contributed by atoms with Gasteiger partial charge in [-0.1, -0.05) is 176 Å². The van der Waals surface area contributed by atoms with E-state index in [-0.39, 0.29) is 5.69 Å². The molecule has 10 nitrogen and oxygen atoms in total. The van der Waals surface area contributed by atoms with Gasteiger partial charge in [-0.25, -0.2) is 34.7 Å². The molecule has 0 amide bonds. The SMILES string of the molecule is [C-]#[N+]c1cc(C(F)(F)F)ccc1-c1ccc(-n2c3ccccc3c3cc(-c4nc(-c5ccccc5)nc(-c5ccccc5)n4)ccc32)cc1-c1cc(C#N)ccc1-n1c2ccccc2c2cc(-c3nc(-c4ccccc4)nc(-c4ccccc4)n3)ccc21. The van der Waals surface area contributed by atoms with Crippen LogP contribution >= 0.6 is 0 Å². The van der Waals surface area contributed by atoms with Crippen LogP contribution in [-0.4, -0.2) is 39.0 Å². The van der Waals surface area contributed by atoms with E-state index in [1.54, 1.807) is 6.07 Å². The van der Waals surface area contributed by atoms with Gasteiger partial charge in [-0.3, -0.25) is 0 Å². The van der Waals surface area contributed by atoms with Crippen LogP contribution < -0.4 is 0 Å². The summed E-state index contributed by atoms with van der Waals surface area (Å²) >= 11 is 0. The Morgan fingerprint density at radius 3 is 1.24 bits per heavy atom. The Bertz CT molecular complexity index is 5220. The molecule has 0 saturated carbocycles. The van der Waals surface area contributed by atoms with Crippen LogP contribution in [0.3, 0.4) is 0 Å². The number of nitrogens with zero attached hydrogens (tertiary/aromatic N) is 10. The minimum Gasteiger partial charge on any atom is -0.309 e. The van der Waals surface area contributed by atoms with Crippen molar-refractivity contribution >= 4 is 49.3 Å². The maximum Gasteiger partial charge on any atom is 0.415 e. The molecule has 88 heavy (non-hydrogen) atoms. The molecule has 4 aromatic heterocycles. The van der Waals surface area contributed by atoms with Gasteiger partial charge in [0.25, 0.3) is 0 Å². The van der Waals surface area contributed by atoms with Gasteiger partial charge in [-0.15, -0.1) is 0 Å². The Morgan fingerprint density at radius 2 is 0.773 bits per heavy atom. The molecule has 0 aliphatic rings. The van der Waals surface area contributed by atoms with Crippen molar-refractivity contribution in [3.8, 4) is 108 Å². The molecular formula is C75H43F3N10. The summed E-state index contributed by atoms with van der Waals surface area (Å²) in [7, 11) is 0. The first-order valence-corrected chi connectivity index (χ1v) is 28.3. The maximum atomic E-state index is 14.4. The zero-order chi connectivity index (χ0) is 59.5. The molecule has 414 valence electrons. The molecule has 0 radical (unpaired) electrons. The standard InChI is InChI=1S/C75H43F3N10/c1-80-63-43-53(75(76,77)78)33-35-56(63)55-36-34-54(87-64-28-16-14-26-57(64)61-41-51(31-38-66(61)87)73-83-69(47-18-6-2-7-19-47)81-70(84-73)48-20-8-3-9-21-48)44-59(55)60-40-46(45-79)30-37-67(60)88-65-29-17-15-27-58(65)62-42-52(32-39-68(62)88)74-85-71(49-22-10-4-11-23-49)82-72(86-74)50-24-12-5-13-25-50/h2-44H. The highest BCUT2D eigenvalue weighted by Gasteiger charge is 2.32. The van der Waals surface area contributed by atoms with E-state index in [9.17, 15) is 18.4 Å². The number of aromatic nitrogens is 8. The summed E-state index contributed by atoms with van der Waals surface area (Å²) in [5, 5.41) is 14.4. The zero-order valence-corrected chi connectivity index (χ0v) is 46.4. The van der Waals surface area contributed by atoms with Gasteiger partial charge in [0.15, 0.2) is 40.6 Å². The maximum absolute atomic E-state index is 14.4. The van der Waals surface area contributed by atoms with Gasteiger partial charge in [-0.2, -0.15) is 18.4 Å². The normalized spacial score (nSPS) is 11.6. The average molecular weight is 1140 g/mol. The van der Waals surface area contributed by atoms with Crippen LogP contribution in [0.2, 0.25) is 0 Å². The second-order valence-corrected chi connectivity index (χ2v) is 21.2. The fraction of sp³-hybridized carbons (Fsp3) is 0.0133.